The molecule has 0 saturated heterocycles. The smallest absolute Gasteiger partial charge is 0.237 e. The van der Waals surface area contributed by atoms with Gasteiger partial charge in [-0.1, -0.05) is 97.1 Å². The summed E-state index contributed by atoms with van der Waals surface area (Å²) in [5.74, 6) is 2.10. The van der Waals surface area contributed by atoms with Gasteiger partial charge in [0.2, 0.25) is 5.84 Å². The number of amidine groups is 1. The van der Waals surface area contributed by atoms with E-state index in [1.54, 1.807) is 0 Å². The Kier molecular flexibility index (Phi) is 10.3. The van der Waals surface area contributed by atoms with Crippen LogP contribution in [-0.4, -0.2) is 36.0 Å². The van der Waals surface area contributed by atoms with Crippen molar-refractivity contribution < 1.29 is 9.73 Å². The molecule has 2 aliphatic carbocycles. The number of aliphatic imine (C=N–C) groups is 1. The fourth-order valence-electron chi connectivity index (χ4n) is 14.4. The predicted molar refractivity (Wildman–Crippen MR) is 358 cm³/mol. The molecule has 14 aromatic rings. The number of quaternary nitrogens is 1. The Balaban J connectivity index is 0.648. The van der Waals surface area contributed by atoms with Crippen LogP contribution in [0.3, 0.4) is 0 Å². The van der Waals surface area contributed by atoms with Crippen molar-refractivity contribution in [3.63, 3.8) is 0 Å². The molecule has 19 rings (SSSR count). The van der Waals surface area contributed by atoms with Crippen LogP contribution in [0.15, 0.2) is 244 Å². The SMILES string of the molecule is CC(=N)C=C1[NH2+]C(c2ccc(-n3c4cc5c(cc4c4sc6ccccc6c43)oc3ccccc35)cc2)=Nc2ccc(C3C=CC=C4C5=C(CC6C(=C5)N(c5ccc(-c7nc8ccccc8c8cc(C)nn78)cc5)c5c6sc6ccccc56)SC43)cc21. The molecule has 0 bridgehead atoms. The van der Waals surface area contributed by atoms with Crippen LogP contribution in [0.1, 0.15) is 52.4 Å². The number of para-hydroxylation sites is 2. The zero-order chi connectivity index (χ0) is 56.6. The molecule has 9 heterocycles. The molecule has 86 heavy (non-hydrogen) atoms. The predicted octanol–water partition coefficient (Wildman–Crippen LogP) is 18.5. The van der Waals surface area contributed by atoms with Gasteiger partial charge in [0, 0.05) is 98.1 Å². The maximum Gasteiger partial charge on any atom is 0.237 e. The monoisotopic (exact) mass is 1160 g/mol. The first kappa shape index (κ1) is 48.7. The van der Waals surface area contributed by atoms with Gasteiger partial charge in [-0.3, -0.25) is 5.32 Å². The van der Waals surface area contributed by atoms with E-state index < -0.39 is 0 Å². The Labute approximate surface area is 505 Å². The maximum absolute atomic E-state index is 8.76. The number of fused-ring (bicyclic) bond motifs is 19. The minimum absolute atomic E-state index is 0.145. The van der Waals surface area contributed by atoms with Crippen molar-refractivity contribution in [2.45, 2.75) is 37.4 Å². The zero-order valence-electron chi connectivity index (χ0n) is 46.5. The van der Waals surface area contributed by atoms with Crippen molar-refractivity contribution in [2.24, 2.45) is 4.99 Å². The summed E-state index contributed by atoms with van der Waals surface area (Å²) >= 11 is 5.85. The van der Waals surface area contributed by atoms with Crippen LogP contribution in [0.4, 0.5) is 17.1 Å². The van der Waals surface area contributed by atoms with E-state index in [-0.39, 0.29) is 17.1 Å². The van der Waals surface area contributed by atoms with Gasteiger partial charge < -0.3 is 19.3 Å². The zero-order valence-corrected chi connectivity index (χ0v) is 49.0. The number of allylic oxidation sites excluding steroid dienone is 8. The lowest BCUT2D eigenvalue weighted by Crippen LogP contribution is -2.86. The second-order valence-electron chi connectivity index (χ2n) is 23.3. The van der Waals surface area contributed by atoms with Crippen LogP contribution in [0.5, 0.6) is 0 Å². The minimum Gasteiger partial charge on any atom is -0.456 e. The number of anilines is 2. The Hall–Kier alpha value is -9.69. The number of nitrogens with one attached hydrogen (secondary N) is 1. The summed E-state index contributed by atoms with van der Waals surface area (Å²) in [7, 11) is 0. The van der Waals surface area contributed by atoms with Crippen molar-refractivity contribution in [3.05, 3.63) is 261 Å². The lowest BCUT2D eigenvalue weighted by atomic mass is 9.81. The van der Waals surface area contributed by atoms with E-state index in [4.69, 9.17) is 24.9 Å². The molecule has 0 spiro atoms. The highest BCUT2D eigenvalue weighted by Crippen LogP contribution is 2.63. The van der Waals surface area contributed by atoms with E-state index >= 15 is 0 Å². The van der Waals surface area contributed by atoms with E-state index in [0.29, 0.717) is 5.71 Å². The molecule has 3 N–H and O–H groups in total. The third-order valence-corrected chi connectivity index (χ3v) is 22.1. The van der Waals surface area contributed by atoms with Gasteiger partial charge in [0.05, 0.1) is 55.0 Å². The van der Waals surface area contributed by atoms with Crippen LogP contribution in [-0.2, 0) is 0 Å². The standard InChI is InChI=1S/C74H48N8OS3/c1-39(75)32-59-54-34-43(26-31-58(54)76-73(77-59)41-22-27-44(28-23-41)80-60-35-52-47-12-4-8-19-63(47)83-64(52)37-55(60)71-68(80)50-14-5-9-20-65(50)84-71)46-16-11-17-48-53-36-61-56(38-67(53)86-70(46)48)72-69(51-15-6-10-21-66(51)85-72)81(61)45-29-24-42(25-30-45)74-78-57-18-7-3-13-49(57)62-33-40(2)79-82(62)74/h3-37,46,56,70,75H,38H2,1-2H3,(H,76,77)/p+1. The number of rotatable bonds is 6. The Bertz CT molecular complexity index is 5580. The van der Waals surface area contributed by atoms with Crippen LogP contribution >= 0.6 is 34.4 Å². The Morgan fingerprint density at radius 2 is 1.47 bits per heavy atom. The van der Waals surface area contributed by atoms with Crippen molar-refractivity contribution in [2.75, 3.05) is 4.90 Å². The molecule has 0 fully saturated rings. The molecule has 0 radical (unpaired) electrons. The number of aromatic nitrogens is 4. The number of nitrogens with zero attached hydrogens (tertiary/aromatic N) is 6. The lowest BCUT2D eigenvalue weighted by Gasteiger charge is -2.28. The largest absolute Gasteiger partial charge is 0.456 e. The molecule has 9 nitrogen and oxygen atoms in total. The molecule has 6 aromatic heterocycles. The number of aryl methyl sites for hydroxylation is 1. The number of benzene rings is 8. The number of hydrogen-bond acceptors (Lipinski definition) is 9. The molecule has 0 saturated carbocycles. The average molecular weight is 1160 g/mol. The van der Waals surface area contributed by atoms with E-state index in [0.717, 1.165) is 107 Å². The highest BCUT2D eigenvalue weighted by molar-refractivity contribution is 8.04. The second kappa shape index (κ2) is 18.2. The average Bonchev–Trinajstić information content (AvgIpc) is 1.67. The first-order valence-electron chi connectivity index (χ1n) is 29.2. The third-order valence-electron chi connectivity index (χ3n) is 18.2. The minimum atomic E-state index is 0.145. The molecule has 3 unspecified atom stereocenters. The molecule has 5 aliphatic rings. The van der Waals surface area contributed by atoms with Gasteiger partial charge in [-0.25, -0.2) is 9.50 Å². The maximum atomic E-state index is 8.76. The first-order valence-corrected chi connectivity index (χ1v) is 31.7. The molecule has 3 aliphatic heterocycles. The Morgan fingerprint density at radius 1 is 0.709 bits per heavy atom. The summed E-state index contributed by atoms with van der Waals surface area (Å²) in [6.07, 6.45) is 12.5. The summed E-state index contributed by atoms with van der Waals surface area (Å²) in [5.41, 5.74) is 21.6. The van der Waals surface area contributed by atoms with Crippen LogP contribution in [0.2, 0.25) is 0 Å². The summed E-state index contributed by atoms with van der Waals surface area (Å²) in [6, 6.07) is 65.7. The molecule has 0 amide bonds. The highest BCUT2D eigenvalue weighted by Gasteiger charge is 2.46. The highest BCUT2D eigenvalue weighted by atomic mass is 32.2. The summed E-state index contributed by atoms with van der Waals surface area (Å²) < 4.78 is 14.7. The molecule has 3 atom stereocenters. The topological polar surface area (TPSA) is 104 Å². The van der Waals surface area contributed by atoms with Gasteiger partial charge in [0.15, 0.2) is 5.82 Å². The summed E-state index contributed by atoms with van der Waals surface area (Å²) in [5, 5.41) is 23.1. The summed E-state index contributed by atoms with van der Waals surface area (Å²) in [6.45, 7) is 3.91. The van der Waals surface area contributed by atoms with Crippen LogP contribution in [0.25, 0.3) is 102 Å². The van der Waals surface area contributed by atoms with Gasteiger partial charge in [-0.15, -0.1) is 34.4 Å². The molecule has 408 valence electrons. The van der Waals surface area contributed by atoms with E-state index in [9.17, 15) is 0 Å². The van der Waals surface area contributed by atoms with Crippen molar-refractivity contribution in [3.8, 4) is 17.1 Å². The first-order chi connectivity index (χ1) is 42.3. The molecular formula is C74H49N8OS3+. The number of thioether (sulfide) groups is 1. The van der Waals surface area contributed by atoms with E-state index in [1.165, 1.54) is 73.7 Å². The second-order valence-corrected chi connectivity index (χ2v) is 26.7. The number of nitrogens with two attached hydrogens (primary N) is 1. The fraction of sp³-hybridized carbons (Fsp3) is 0.0811. The molecule has 8 aromatic carbocycles. The van der Waals surface area contributed by atoms with Crippen molar-refractivity contribution >= 4 is 148 Å². The van der Waals surface area contributed by atoms with Gasteiger partial charge in [-0.05, 0) is 151 Å². The van der Waals surface area contributed by atoms with Crippen LogP contribution < -0.4 is 10.2 Å². The van der Waals surface area contributed by atoms with Gasteiger partial charge in [0.1, 0.15) is 16.9 Å². The van der Waals surface area contributed by atoms with E-state index in [2.05, 4.69) is 227 Å². The third kappa shape index (κ3) is 7.09. The molecule has 12 heteroatoms. The van der Waals surface area contributed by atoms with Gasteiger partial charge in [-0.2, -0.15) is 10.1 Å². The number of furan rings is 1. The van der Waals surface area contributed by atoms with Crippen molar-refractivity contribution in [1.29, 1.82) is 5.41 Å². The Morgan fingerprint density at radius 3 is 2.31 bits per heavy atom. The fourth-order valence-corrected chi connectivity index (χ4v) is 18.5. The number of thiophene rings is 2. The van der Waals surface area contributed by atoms with Crippen LogP contribution in [0, 0.1) is 12.3 Å². The normalized spacial score (nSPS) is 18.5. The van der Waals surface area contributed by atoms with E-state index in [1.807, 2.05) is 53.2 Å². The number of hydrogen-bond donors (Lipinski definition) is 2. The van der Waals surface area contributed by atoms with Gasteiger partial charge >= 0.3 is 0 Å². The summed E-state index contributed by atoms with van der Waals surface area (Å²) in [4.78, 5) is 16.0. The van der Waals surface area contributed by atoms with Crippen molar-refractivity contribution in [1.82, 2.24) is 19.2 Å². The lowest BCUT2D eigenvalue weighted by molar-refractivity contribution is -0.433. The quantitative estimate of drug-likeness (QED) is 0.161. The van der Waals surface area contributed by atoms with Gasteiger partial charge in [0.25, 0.3) is 0 Å². The molecular weight excluding hydrogens is 1110 g/mol.